The van der Waals surface area contributed by atoms with Crippen LogP contribution in [0.1, 0.15) is 44.2 Å². The van der Waals surface area contributed by atoms with E-state index in [4.69, 9.17) is 9.73 Å². The number of hydrogen-bond donors (Lipinski definition) is 0. The van der Waals surface area contributed by atoms with Crippen LogP contribution in [0.2, 0.25) is 0 Å². The lowest BCUT2D eigenvalue weighted by molar-refractivity contribution is -0.146. The summed E-state index contributed by atoms with van der Waals surface area (Å²) in [6, 6.07) is 18.5. The molecule has 3 rings (SSSR count). The van der Waals surface area contributed by atoms with E-state index in [0.29, 0.717) is 25.2 Å². The molecule has 142 valence electrons. The van der Waals surface area contributed by atoms with E-state index in [2.05, 4.69) is 0 Å². The lowest BCUT2D eigenvalue weighted by Gasteiger charge is -2.18. The molecule has 1 saturated carbocycles. The largest absolute Gasteiger partial charge is 0.464 e. The topological polar surface area (TPSA) is 38.7 Å². The highest BCUT2D eigenvalue weighted by molar-refractivity contribution is 6.13. The minimum absolute atomic E-state index is 0.0765. The molecule has 0 aliphatic heterocycles. The molecule has 0 heterocycles. The van der Waals surface area contributed by atoms with Gasteiger partial charge in [-0.05, 0) is 18.8 Å². The van der Waals surface area contributed by atoms with E-state index in [9.17, 15) is 9.18 Å². The molecule has 0 N–H and O–H groups in total. The van der Waals surface area contributed by atoms with Crippen molar-refractivity contribution in [2.75, 3.05) is 6.61 Å². The van der Waals surface area contributed by atoms with Crippen LogP contribution in [0, 0.1) is 5.92 Å². The van der Waals surface area contributed by atoms with Gasteiger partial charge in [0.05, 0.1) is 12.3 Å². The van der Waals surface area contributed by atoms with Gasteiger partial charge < -0.3 is 4.74 Å². The van der Waals surface area contributed by atoms with Gasteiger partial charge in [0.2, 0.25) is 0 Å². The van der Waals surface area contributed by atoms with E-state index in [0.717, 1.165) is 11.1 Å². The zero-order chi connectivity index (χ0) is 19.3. The minimum atomic E-state index is -1.29. The van der Waals surface area contributed by atoms with Gasteiger partial charge in [-0.15, -0.1) is 0 Å². The Morgan fingerprint density at radius 1 is 1.04 bits per heavy atom. The van der Waals surface area contributed by atoms with Crippen molar-refractivity contribution in [3.8, 4) is 0 Å². The van der Waals surface area contributed by atoms with Crippen LogP contribution in [0.25, 0.3) is 0 Å². The molecule has 1 unspecified atom stereocenters. The van der Waals surface area contributed by atoms with Gasteiger partial charge in [-0.25, -0.2) is 9.18 Å². The van der Waals surface area contributed by atoms with Crippen molar-refractivity contribution in [3.05, 3.63) is 71.8 Å². The van der Waals surface area contributed by atoms with Gasteiger partial charge >= 0.3 is 5.97 Å². The van der Waals surface area contributed by atoms with E-state index in [1.54, 1.807) is 0 Å². The quantitative estimate of drug-likeness (QED) is 0.487. The van der Waals surface area contributed by atoms with Gasteiger partial charge in [-0.2, -0.15) is 0 Å². The second-order valence-electron chi connectivity index (χ2n) is 7.60. The van der Waals surface area contributed by atoms with Gasteiger partial charge in [0.25, 0.3) is 0 Å². The second-order valence-corrected chi connectivity index (χ2v) is 7.60. The standard InChI is InChI=1S/C23H26FNO2/c1-17(2)16-27-22(26)20(15-23(24)13-14-23)25-21(18-9-5-3-6-10-18)19-11-7-4-8-12-19/h3-12,17,20H,13-16H2,1-2H3. The van der Waals surface area contributed by atoms with E-state index < -0.39 is 17.7 Å². The summed E-state index contributed by atoms with van der Waals surface area (Å²) in [6.07, 6.45) is 1.05. The molecule has 1 atom stereocenters. The predicted molar refractivity (Wildman–Crippen MR) is 106 cm³/mol. The smallest absolute Gasteiger partial charge is 0.331 e. The maximum atomic E-state index is 14.5. The highest BCUT2D eigenvalue weighted by Crippen LogP contribution is 2.44. The highest BCUT2D eigenvalue weighted by atomic mass is 19.1. The molecule has 0 radical (unpaired) electrons. The normalized spacial score (nSPS) is 15.9. The summed E-state index contributed by atoms with van der Waals surface area (Å²) in [5, 5.41) is 0. The summed E-state index contributed by atoms with van der Waals surface area (Å²) >= 11 is 0. The molecular weight excluding hydrogens is 341 g/mol. The number of rotatable bonds is 8. The molecule has 2 aromatic rings. The molecule has 3 nitrogen and oxygen atoms in total. The molecule has 2 aromatic carbocycles. The van der Waals surface area contributed by atoms with Crippen LogP contribution in [0.3, 0.4) is 0 Å². The zero-order valence-corrected chi connectivity index (χ0v) is 15.9. The van der Waals surface area contributed by atoms with Crippen LogP contribution in [0.4, 0.5) is 4.39 Å². The maximum absolute atomic E-state index is 14.5. The summed E-state index contributed by atoms with van der Waals surface area (Å²) in [4.78, 5) is 17.4. The van der Waals surface area contributed by atoms with Gasteiger partial charge in [0.1, 0.15) is 5.67 Å². The predicted octanol–water partition coefficient (Wildman–Crippen LogP) is 4.98. The van der Waals surface area contributed by atoms with Crippen LogP contribution >= 0.6 is 0 Å². The Balaban J connectivity index is 1.95. The molecular formula is C23H26FNO2. The number of carbonyl (C=O) groups excluding carboxylic acids is 1. The first-order chi connectivity index (χ1) is 13.0. The summed E-state index contributed by atoms with van der Waals surface area (Å²) < 4.78 is 19.9. The average Bonchev–Trinajstić information content (AvgIpc) is 3.41. The van der Waals surface area contributed by atoms with E-state index in [1.165, 1.54) is 0 Å². The molecule has 0 amide bonds. The van der Waals surface area contributed by atoms with Crippen molar-refractivity contribution >= 4 is 11.7 Å². The highest BCUT2D eigenvalue weighted by Gasteiger charge is 2.46. The number of alkyl halides is 1. The van der Waals surface area contributed by atoms with Crippen LogP contribution in [-0.2, 0) is 9.53 Å². The van der Waals surface area contributed by atoms with E-state index >= 15 is 0 Å². The van der Waals surface area contributed by atoms with Crippen LogP contribution in [0.5, 0.6) is 0 Å². The lowest BCUT2D eigenvalue weighted by Crippen LogP contribution is -2.28. The molecule has 1 fully saturated rings. The fourth-order valence-electron chi connectivity index (χ4n) is 2.88. The Bertz CT molecular complexity index is 741. The second kappa shape index (κ2) is 8.47. The fourth-order valence-corrected chi connectivity index (χ4v) is 2.88. The molecule has 27 heavy (non-hydrogen) atoms. The van der Waals surface area contributed by atoms with Crippen molar-refractivity contribution in [2.45, 2.75) is 44.8 Å². The number of esters is 1. The molecule has 0 spiro atoms. The third-order valence-electron chi connectivity index (χ3n) is 4.56. The van der Waals surface area contributed by atoms with Crippen molar-refractivity contribution in [1.29, 1.82) is 0 Å². The number of nitrogens with zero attached hydrogens (tertiary/aromatic N) is 1. The van der Waals surface area contributed by atoms with E-state index in [-0.39, 0.29) is 12.3 Å². The Hall–Kier alpha value is -2.49. The van der Waals surface area contributed by atoms with Gasteiger partial charge in [0.15, 0.2) is 6.04 Å². The van der Waals surface area contributed by atoms with Gasteiger partial charge in [0, 0.05) is 17.5 Å². The first-order valence-electron chi connectivity index (χ1n) is 9.51. The Morgan fingerprint density at radius 2 is 1.56 bits per heavy atom. The van der Waals surface area contributed by atoms with Crippen LogP contribution < -0.4 is 0 Å². The third kappa shape index (κ3) is 5.49. The number of hydrogen-bond acceptors (Lipinski definition) is 3. The minimum Gasteiger partial charge on any atom is -0.464 e. The molecule has 1 aliphatic rings. The van der Waals surface area contributed by atoms with Crippen molar-refractivity contribution in [3.63, 3.8) is 0 Å². The van der Waals surface area contributed by atoms with Gasteiger partial charge in [-0.1, -0.05) is 74.5 Å². The summed E-state index contributed by atoms with van der Waals surface area (Å²) in [7, 11) is 0. The number of halogens is 1. The SMILES string of the molecule is CC(C)COC(=O)C(CC1(F)CC1)N=C(c1ccccc1)c1ccccc1. The average molecular weight is 367 g/mol. The Labute approximate surface area is 160 Å². The fraction of sp³-hybridized carbons (Fsp3) is 0.391. The van der Waals surface area contributed by atoms with E-state index in [1.807, 2.05) is 74.5 Å². The van der Waals surface area contributed by atoms with Gasteiger partial charge in [-0.3, -0.25) is 4.99 Å². The number of aliphatic imine (C=N–C) groups is 1. The molecule has 0 bridgehead atoms. The lowest BCUT2D eigenvalue weighted by atomic mass is 10.0. The number of ether oxygens (including phenoxy) is 1. The van der Waals surface area contributed by atoms with Crippen LogP contribution in [-0.4, -0.2) is 30.0 Å². The summed E-state index contributed by atoms with van der Waals surface area (Å²) in [5.74, 6) is -0.224. The molecule has 0 saturated heterocycles. The van der Waals surface area contributed by atoms with Crippen molar-refractivity contribution < 1.29 is 13.9 Å². The third-order valence-corrected chi connectivity index (χ3v) is 4.56. The Kier molecular flexibility index (Phi) is 6.04. The maximum Gasteiger partial charge on any atom is 0.331 e. The first kappa shape index (κ1) is 19.3. The number of carbonyl (C=O) groups is 1. The first-order valence-corrected chi connectivity index (χ1v) is 9.51. The zero-order valence-electron chi connectivity index (χ0n) is 15.9. The molecule has 4 heteroatoms. The Morgan fingerprint density at radius 3 is 2.00 bits per heavy atom. The van der Waals surface area contributed by atoms with Crippen molar-refractivity contribution in [2.24, 2.45) is 10.9 Å². The van der Waals surface area contributed by atoms with Crippen LogP contribution in [0.15, 0.2) is 65.7 Å². The molecule has 1 aliphatic carbocycles. The number of benzene rings is 2. The molecule has 0 aromatic heterocycles. The van der Waals surface area contributed by atoms with Crippen molar-refractivity contribution in [1.82, 2.24) is 0 Å². The monoisotopic (exact) mass is 367 g/mol. The summed E-state index contributed by atoms with van der Waals surface area (Å²) in [5.41, 5.74) is 1.19. The summed E-state index contributed by atoms with van der Waals surface area (Å²) in [6.45, 7) is 4.26.